The Bertz CT molecular complexity index is 3220. The van der Waals surface area contributed by atoms with Gasteiger partial charge in [-0.3, -0.25) is 19.1 Å². The van der Waals surface area contributed by atoms with Crippen LogP contribution >= 0.6 is 0 Å². The zero-order valence-corrected chi connectivity index (χ0v) is 29.2. The van der Waals surface area contributed by atoms with Crippen molar-refractivity contribution in [2.75, 3.05) is 0 Å². The van der Waals surface area contributed by atoms with E-state index in [4.69, 9.17) is 14.4 Å². The van der Waals surface area contributed by atoms with Gasteiger partial charge in [0, 0.05) is 63.0 Å². The van der Waals surface area contributed by atoms with Crippen LogP contribution in [0.15, 0.2) is 175 Å². The lowest BCUT2D eigenvalue weighted by Crippen LogP contribution is -1.99. The third kappa shape index (κ3) is 5.02. The van der Waals surface area contributed by atoms with Crippen molar-refractivity contribution >= 4 is 43.6 Å². The Labute approximate surface area is 313 Å². The van der Waals surface area contributed by atoms with E-state index in [1.165, 1.54) is 0 Å². The molecule has 4 aromatic carbocycles. The first-order valence-electron chi connectivity index (χ1n) is 17.9. The minimum Gasteiger partial charge on any atom is -0.416 e. The quantitative estimate of drug-likeness (QED) is 0.169. The molecule has 0 amide bonds. The molecular formula is C46H28N8O. The van der Waals surface area contributed by atoms with E-state index in [2.05, 4.69) is 90.0 Å². The molecule has 7 aromatic heterocycles. The van der Waals surface area contributed by atoms with E-state index >= 15 is 0 Å². The number of para-hydroxylation sites is 3. The van der Waals surface area contributed by atoms with Gasteiger partial charge in [0.1, 0.15) is 11.6 Å². The molecule has 0 N–H and O–H groups in total. The highest BCUT2D eigenvalue weighted by molar-refractivity contribution is 6.13. The molecule has 9 nitrogen and oxygen atoms in total. The van der Waals surface area contributed by atoms with Crippen LogP contribution in [0.3, 0.4) is 0 Å². The number of hydrogen-bond donors (Lipinski definition) is 0. The number of hydrogen-bond acceptors (Lipinski definition) is 7. The van der Waals surface area contributed by atoms with Gasteiger partial charge in [0.25, 0.3) is 0 Å². The van der Waals surface area contributed by atoms with Gasteiger partial charge in [-0.15, -0.1) is 10.2 Å². The smallest absolute Gasteiger partial charge is 0.250 e. The van der Waals surface area contributed by atoms with Crippen molar-refractivity contribution in [3.8, 4) is 57.1 Å². The van der Waals surface area contributed by atoms with E-state index in [9.17, 15) is 0 Å². The molecular weight excluding hydrogens is 681 g/mol. The lowest BCUT2D eigenvalue weighted by atomic mass is 10.1. The van der Waals surface area contributed by atoms with Crippen molar-refractivity contribution in [2.45, 2.75) is 0 Å². The second-order valence-corrected chi connectivity index (χ2v) is 13.3. The van der Waals surface area contributed by atoms with Crippen molar-refractivity contribution < 1.29 is 4.42 Å². The van der Waals surface area contributed by atoms with Gasteiger partial charge in [-0.1, -0.05) is 66.7 Å². The lowest BCUT2D eigenvalue weighted by molar-refractivity contribution is 0.585. The van der Waals surface area contributed by atoms with Crippen LogP contribution in [0.4, 0.5) is 0 Å². The summed E-state index contributed by atoms with van der Waals surface area (Å²) in [4.78, 5) is 18.8. The summed E-state index contributed by atoms with van der Waals surface area (Å²) >= 11 is 0. The summed E-state index contributed by atoms with van der Waals surface area (Å²) in [5.41, 5.74) is 9.19. The molecule has 0 spiro atoms. The maximum Gasteiger partial charge on any atom is 0.250 e. The maximum absolute atomic E-state index is 6.59. The van der Waals surface area contributed by atoms with Crippen LogP contribution in [-0.4, -0.2) is 39.3 Å². The van der Waals surface area contributed by atoms with Crippen LogP contribution in [0.2, 0.25) is 0 Å². The van der Waals surface area contributed by atoms with Crippen LogP contribution in [0.25, 0.3) is 101 Å². The Morgan fingerprint density at radius 3 is 1.69 bits per heavy atom. The molecule has 0 saturated carbocycles. The lowest BCUT2D eigenvalue weighted by Gasteiger charge is -2.10. The number of pyridine rings is 4. The van der Waals surface area contributed by atoms with Gasteiger partial charge >= 0.3 is 0 Å². The van der Waals surface area contributed by atoms with E-state index < -0.39 is 0 Å². The molecule has 0 aliphatic rings. The van der Waals surface area contributed by atoms with Gasteiger partial charge in [0.05, 0.1) is 39.0 Å². The van der Waals surface area contributed by atoms with Gasteiger partial charge in [0.15, 0.2) is 0 Å². The number of fused-ring (bicyclic) bond motifs is 6. The highest BCUT2D eigenvalue weighted by Crippen LogP contribution is 2.39. The zero-order valence-electron chi connectivity index (χ0n) is 29.2. The Kier molecular flexibility index (Phi) is 6.96. The van der Waals surface area contributed by atoms with E-state index in [1.807, 2.05) is 97.3 Å². The highest BCUT2D eigenvalue weighted by atomic mass is 16.4. The molecule has 11 rings (SSSR count). The number of nitrogens with zero attached hydrogens (tertiary/aromatic N) is 8. The largest absolute Gasteiger partial charge is 0.416 e. The van der Waals surface area contributed by atoms with Crippen molar-refractivity contribution in [1.82, 2.24) is 39.3 Å². The average molecular weight is 709 g/mol. The fraction of sp³-hybridized carbons (Fsp3) is 0. The zero-order chi connectivity index (χ0) is 36.3. The first kappa shape index (κ1) is 30.8. The predicted octanol–water partition coefficient (Wildman–Crippen LogP) is 10.5. The monoisotopic (exact) mass is 708 g/mol. The molecule has 7 heterocycles. The third-order valence-corrected chi connectivity index (χ3v) is 10.1. The van der Waals surface area contributed by atoms with Crippen LogP contribution in [0, 0.1) is 0 Å². The number of aromatic nitrogens is 8. The van der Waals surface area contributed by atoms with Crippen molar-refractivity contribution in [2.24, 2.45) is 0 Å². The molecule has 0 radical (unpaired) electrons. The molecule has 0 atom stereocenters. The Balaban J connectivity index is 1.06. The average Bonchev–Trinajstić information content (AvgIpc) is 3.98. The third-order valence-electron chi connectivity index (χ3n) is 10.1. The SMILES string of the molecule is c1cncc(-c2cccc(-n3c4ccccc4c4ccc(-c5nnc(-c6cccc7c8ccccc8n(-c8cccc(-c9cccnc9)n8)c67)o5)cc43)n2)c1. The first-order valence-corrected chi connectivity index (χ1v) is 17.9. The van der Waals surface area contributed by atoms with E-state index in [1.54, 1.807) is 12.4 Å². The van der Waals surface area contributed by atoms with Crippen LogP contribution in [0.5, 0.6) is 0 Å². The maximum atomic E-state index is 6.59. The normalized spacial score (nSPS) is 11.6. The molecule has 55 heavy (non-hydrogen) atoms. The standard InChI is InChI=1S/C46H28N8O/c1-3-18-39-32(12-1)34-23-22-29(26-41(34)53(39)42-20-6-16-37(49-42)30-10-8-24-47-27-30)45-51-52-46(55-45)36-15-5-14-35-33-13-2-4-19-40(33)54(44(35)36)43-21-7-17-38(50-43)31-11-9-25-48-28-31/h1-28H. The summed E-state index contributed by atoms with van der Waals surface area (Å²) in [7, 11) is 0. The number of rotatable bonds is 6. The van der Waals surface area contributed by atoms with Crippen LogP contribution in [0.1, 0.15) is 0 Å². The van der Waals surface area contributed by atoms with Gasteiger partial charge in [0.2, 0.25) is 11.8 Å². The van der Waals surface area contributed by atoms with Gasteiger partial charge in [-0.2, -0.15) is 0 Å². The second kappa shape index (κ2) is 12.4. The molecule has 0 aliphatic carbocycles. The topological polar surface area (TPSA) is 100 Å². The van der Waals surface area contributed by atoms with Crippen LogP contribution in [-0.2, 0) is 0 Å². The van der Waals surface area contributed by atoms with Crippen LogP contribution < -0.4 is 0 Å². The fourth-order valence-electron chi connectivity index (χ4n) is 7.67. The fourth-order valence-corrected chi connectivity index (χ4v) is 7.67. The van der Waals surface area contributed by atoms with Crippen molar-refractivity contribution in [3.63, 3.8) is 0 Å². The van der Waals surface area contributed by atoms with Gasteiger partial charge in [-0.05, 0) is 78.9 Å². The molecule has 258 valence electrons. The summed E-state index contributed by atoms with van der Waals surface area (Å²) in [6.45, 7) is 0. The minimum atomic E-state index is 0.416. The van der Waals surface area contributed by atoms with E-state index in [0.717, 1.165) is 88.9 Å². The molecule has 0 fully saturated rings. The van der Waals surface area contributed by atoms with Crippen molar-refractivity contribution in [1.29, 1.82) is 0 Å². The molecule has 0 unspecified atom stereocenters. The molecule has 0 aliphatic heterocycles. The number of benzene rings is 4. The van der Waals surface area contributed by atoms with E-state index in [-0.39, 0.29) is 0 Å². The molecule has 0 saturated heterocycles. The summed E-state index contributed by atoms with van der Waals surface area (Å²) in [5.74, 6) is 2.41. The summed E-state index contributed by atoms with van der Waals surface area (Å²) in [6, 6.07) is 49.2. The highest BCUT2D eigenvalue weighted by Gasteiger charge is 2.22. The molecule has 11 aromatic rings. The minimum absolute atomic E-state index is 0.416. The second-order valence-electron chi connectivity index (χ2n) is 13.3. The summed E-state index contributed by atoms with van der Waals surface area (Å²) in [6.07, 6.45) is 7.20. The van der Waals surface area contributed by atoms with Gasteiger partial charge in [-0.25, -0.2) is 9.97 Å². The molecule has 0 bridgehead atoms. The predicted molar refractivity (Wildman–Crippen MR) is 216 cm³/mol. The summed E-state index contributed by atoms with van der Waals surface area (Å²) in [5, 5.41) is 13.7. The van der Waals surface area contributed by atoms with Crippen molar-refractivity contribution in [3.05, 3.63) is 170 Å². The summed E-state index contributed by atoms with van der Waals surface area (Å²) < 4.78 is 11.0. The van der Waals surface area contributed by atoms with E-state index in [0.29, 0.717) is 11.8 Å². The molecule has 9 heteroatoms. The Morgan fingerprint density at radius 2 is 1.00 bits per heavy atom. The van der Waals surface area contributed by atoms with Gasteiger partial charge < -0.3 is 4.42 Å². The Morgan fingerprint density at radius 1 is 0.418 bits per heavy atom. The first-order chi connectivity index (χ1) is 27.3. The Hall–Kier alpha value is -7.78.